The highest BCUT2D eigenvalue weighted by Gasteiger charge is 2.02. The summed E-state index contributed by atoms with van der Waals surface area (Å²) in [5.41, 5.74) is 6.38. The van der Waals surface area contributed by atoms with Crippen LogP contribution in [0.3, 0.4) is 0 Å². The molecule has 56 valence electrons. The van der Waals surface area contributed by atoms with Crippen molar-refractivity contribution in [2.45, 2.75) is 0 Å². The normalized spacial score (nSPS) is 9.18. The molecule has 0 radical (unpaired) electrons. The lowest BCUT2D eigenvalue weighted by molar-refractivity contribution is 1.64. The zero-order valence-electron chi connectivity index (χ0n) is 5.44. The minimum absolute atomic E-state index is 0.431. The third-order valence-electron chi connectivity index (χ3n) is 1.19. The van der Waals surface area contributed by atoms with E-state index in [9.17, 15) is 0 Å². The lowest BCUT2D eigenvalue weighted by Crippen LogP contribution is -1.84. The van der Waals surface area contributed by atoms with Crippen LogP contribution in [0.4, 0.5) is 11.4 Å². The fourth-order valence-electron chi connectivity index (χ4n) is 0.639. The molecule has 0 amide bonds. The summed E-state index contributed by atoms with van der Waals surface area (Å²) in [5, 5.41) is 0.462. The Morgan fingerprint density at radius 1 is 1.55 bits per heavy atom. The lowest BCUT2D eigenvalue weighted by Gasteiger charge is -1.99. The van der Waals surface area contributed by atoms with Gasteiger partial charge in [0.05, 0.1) is 11.6 Å². The van der Waals surface area contributed by atoms with Crippen molar-refractivity contribution in [3.05, 3.63) is 33.0 Å². The number of benzene rings is 1. The summed E-state index contributed by atoms with van der Waals surface area (Å²) in [7, 11) is 0. The average Bonchev–Trinajstić information content (AvgIpc) is 1.97. The van der Waals surface area contributed by atoms with Crippen LogP contribution in [0.25, 0.3) is 4.85 Å². The maximum atomic E-state index is 6.75. The minimum atomic E-state index is 0.431. The van der Waals surface area contributed by atoms with E-state index in [1.807, 2.05) is 0 Å². The van der Waals surface area contributed by atoms with Crippen LogP contribution in [0.1, 0.15) is 0 Å². The topological polar surface area (TPSA) is 30.4 Å². The van der Waals surface area contributed by atoms with Crippen molar-refractivity contribution < 1.29 is 0 Å². The molecule has 0 saturated heterocycles. The Kier molecular flexibility index (Phi) is 2.38. The second kappa shape index (κ2) is 3.12. The molecular weight excluding hydrogens is 227 g/mol. The molecule has 0 bridgehead atoms. The lowest BCUT2D eigenvalue weighted by atomic mass is 10.3. The van der Waals surface area contributed by atoms with Gasteiger partial charge in [0, 0.05) is 10.2 Å². The first-order valence-corrected chi connectivity index (χ1v) is 3.94. The Bertz CT molecular complexity index is 330. The molecule has 0 aliphatic heterocycles. The molecular formula is C7H4BrClN2. The Morgan fingerprint density at radius 2 is 2.18 bits per heavy atom. The summed E-state index contributed by atoms with van der Waals surface area (Å²) >= 11 is 8.87. The molecule has 0 fully saturated rings. The standard InChI is InChI=1S/C7H4BrClN2/c1-11-7-3-6(10)5(9)2-4(7)8/h2-3H,10H2. The molecule has 2 nitrogen and oxygen atoms in total. The molecule has 11 heavy (non-hydrogen) atoms. The van der Waals surface area contributed by atoms with Gasteiger partial charge in [-0.2, -0.15) is 0 Å². The van der Waals surface area contributed by atoms with Crippen LogP contribution in [-0.4, -0.2) is 0 Å². The van der Waals surface area contributed by atoms with Crippen LogP contribution in [0, 0.1) is 6.57 Å². The zero-order chi connectivity index (χ0) is 8.43. The quantitative estimate of drug-likeness (QED) is 0.539. The van der Waals surface area contributed by atoms with Crippen LogP contribution < -0.4 is 5.73 Å². The molecule has 0 aromatic heterocycles. The third-order valence-corrected chi connectivity index (χ3v) is 2.15. The molecule has 0 spiro atoms. The fourth-order valence-corrected chi connectivity index (χ4v) is 1.37. The van der Waals surface area contributed by atoms with Gasteiger partial charge < -0.3 is 5.73 Å². The number of nitrogens with two attached hydrogens (primary N) is 1. The van der Waals surface area contributed by atoms with E-state index in [1.54, 1.807) is 12.1 Å². The summed E-state index contributed by atoms with van der Waals surface area (Å²) in [5.74, 6) is 0. The van der Waals surface area contributed by atoms with Crippen LogP contribution in [-0.2, 0) is 0 Å². The number of hydrogen-bond acceptors (Lipinski definition) is 1. The van der Waals surface area contributed by atoms with E-state index >= 15 is 0 Å². The Labute approximate surface area is 77.9 Å². The summed E-state index contributed by atoms with van der Waals surface area (Å²) in [6.07, 6.45) is 0. The second-order valence-electron chi connectivity index (χ2n) is 1.94. The highest BCUT2D eigenvalue weighted by Crippen LogP contribution is 2.32. The maximum absolute atomic E-state index is 6.75. The Balaban J connectivity index is 3.35. The molecule has 2 N–H and O–H groups in total. The van der Waals surface area contributed by atoms with Gasteiger partial charge in [0.15, 0.2) is 0 Å². The molecule has 0 aliphatic carbocycles. The summed E-state index contributed by atoms with van der Waals surface area (Å²) in [4.78, 5) is 3.24. The predicted octanol–water partition coefficient (Wildman–Crippen LogP) is 3.24. The summed E-state index contributed by atoms with van der Waals surface area (Å²) in [6, 6.07) is 3.16. The maximum Gasteiger partial charge on any atom is 0.203 e. The largest absolute Gasteiger partial charge is 0.399 e. The first kappa shape index (κ1) is 8.38. The van der Waals surface area contributed by atoms with E-state index < -0.39 is 0 Å². The number of halogens is 2. The number of hydrogen-bond donors (Lipinski definition) is 1. The van der Waals surface area contributed by atoms with Crippen LogP contribution in [0.15, 0.2) is 16.6 Å². The average molecular weight is 231 g/mol. The number of rotatable bonds is 0. The molecule has 4 heteroatoms. The van der Waals surface area contributed by atoms with E-state index in [4.69, 9.17) is 23.9 Å². The van der Waals surface area contributed by atoms with Gasteiger partial charge in [-0.1, -0.05) is 27.5 Å². The molecule has 0 saturated carbocycles. The third kappa shape index (κ3) is 1.65. The number of nitrogens with zero attached hydrogens (tertiary/aromatic N) is 1. The number of nitrogen functional groups attached to an aromatic ring is 1. The van der Waals surface area contributed by atoms with E-state index in [-0.39, 0.29) is 0 Å². The van der Waals surface area contributed by atoms with Crippen molar-refractivity contribution in [3.8, 4) is 0 Å². The molecule has 1 rings (SSSR count). The monoisotopic (exact) mass is 230 g/mol. The number of anilines is 1. The second-order valence-corrected chi connectivity index (χ2v) is 3.20. The molecule has 0 aliphatic rings. The van der Waals surface area contributed by atoms with Crippen LogP contribution in [0.5, 0.6) is 0 Å². The van der Waals surface area contributed by atoms with Gasteiger partial charge in [0.2, 0.25) is 5.69 Å². The minimum Gasteiger partial charge on any atom is -0.399 e. The van der Waals surface area contributed by atoms with Gasteiger partial charge in [-0.05, 0) is 12.1 Å². The molecule has 0 heterocycles. The molecule has 1 aromatic carbocycles. The van der Waals surface area contributed by atoms with Gasteiger partial charge in [0.1, 0.15) is 0 Å². The van der Waals surface area contributed by atoms with Gasteiger partial charge in [0.25, 0.3) is 0 Å². The highest BCUT2D eigenvalue weighted by molar-refractivity contribution is 9.10. The first-order valence-electron chi connectivity index (χ1n) is 2.77. The van der Waals surface area contributed by atoms with E-state index in [1.165, 1.54) is 0 Å². The van der Waals surface area contributed by atoms with Crippen molar-refractivity contribution in [3.63, 3.8) is 0 Å². The van der Waals surface area contributed by atoms with Gasteiger partial charge in [-0.3, -0.25) is 0 Å². The summed E-state index contributed by atoms with van der Waals surface area (Å²) < 4.78 is 0.673. The fraction of sp³-hybridized carbons (Fsp3) is 0. The molecule has 1 aromatic rings. The van der Waals surface area contributed by atoms with E-state index in [0.717, 1.165) is 0 Å². The van der Waals surface area contributed by atoms with Crippen molar-refractivity contribution in [1.29, 1.82) is 0 Å². The Morgan fingerprint density at radius 3 is 2.73 bits per heavy atom. The van der Waals surface area contributed by atoms with Gasteiger partial charge in [-0.15, -0.1) is 0 Å². The van der Waals surface area contributed by atoms with Gasteiger partial charge in [-0.25, -0.2) is 4.85 Å². The Hall–Kier alpha value is -0.720. The van der Waals surface area contributed by atoms with Crippen LogP contribution in [0.2, 0.25) is 5.02 Å². The summed E-state index contributed by atoms with van der Waals surface area (Å²) in [6.45, 7) is 6.75. The van der Waals surface area contributed by atoms with Crippen molar-refractivity contribution >= 4 is 38.9 Å². The van der Waals surface area contributed by atoms with Crippen molar-refractivity contribution in [1.82, 2.24) is 0 Å². The SMILES string of the molecule is [C-]#[N+]c1cc(N)c(Cl)cc1Br. The van der Waals surface area contributed by atoms with Crippen LogP contribution >= 0.6 is 27.5 Å². The van der Waals surface area contributed by atoms with E-state index in [2.05, 4.69) is 20.8 Å². The van der Waals surface area contributed by atoms with E-state index in [0.29, 0.717) is 20.9 Å². The predicted molar refractivity (Wildman–Crippen MR) is 49.8 cm³/mol. The zero-order valence-corrected chi connectivity index (χ0v) is 7.78. The smallest absolute Gasteiger partial charge is 0.203 e. The van der Waals surface area contributed by atoms with Crippen molar-refractivity contribution in [2.75, 3.05) is 5.73 Å². The highest BCUT2D eigenvalue weighted by atomic mass is 79.9. The van der Waals surface area contributed by atoms with Crippen molar-refractivity contribution in [2.24, 2.45) is 0 Å². The molecule has 0 unspecified atom stereocenters. The van der Waals surface area contributed by atoms with Gasteiger partial charge >= 0.3 is 0 Å². The molecule has 0 atom stereocenters. The first-order chi connectivity index (χ1) is 5.15.